The summed E-state index contributed by atoms with van der Waals surface area (Å²) in [6.07, 6.45) is -0.173. The lowest BCUT2D eigenvalue weighted by atomic mass is 9.47. The minimum Gasteiger partial charge on any atom is -0.390 e. The van der Waals surface area contributed by atoms with Crippen LogP contribution in [0.2, 0.25) is 0 Å². The van der Waals surface area contributed by atoms with Crippen LogP contribution in [0, 0.1) is 39.9 Å². The summed E-state index contributed by atoms with van der Waals surface area (Å²) in [6, 6.07) is 0. The zero-order chi connectivity index (χ0) is 21.4. The third kappa shape index (κ3) is 1.63. The lowest BCUT2D eigenvalue weighted by molar-refractivity contribution is -0.230. The number of fused-ring (bicyclic) bond motifs is 5. The first-order valence-corrected chi connectivity index (χ1v) is 10.5. The predicted molar refractivity (Wildman–Crippen MR) is 98.1 cm³/mol. The zero-order valence-corrected chi connectivity index (χ0v) is 16.9. The molecule has 5 aliphatic rings. The Kier molecular flexibility index (Phi) is 3.52. The van der Waals surface area contributed by atoms with E-state index in [9.17, 15) is 24.9 Å². The van der Waals surface area contributed by atoms with Gasteiger partial charge in [-0.3, -0.25) is 9.59 Å². The second-order valence-corrected chi connectivity index (χ2v) is 10.6. The van der Waals surface area contributed by atoms with Gasteiger partial charge in [-0.2, -0.15) is 0 Å². The molecule has 0 radical (unpaired) electrons. The number of carbonyl (C=O) groups is 2. The van der Waals surface area contributed by atoms with Gasteiger partial charge in [0.2, 0.25) is 0 Å². The first-order chi connectivity index (χ1) is 13.4. The molecule has 29 heavy (non-hydrogen) atoms. The molecule has 11 atom stereocenters. The van der Waals surface area contributed by atoms with Crippen LogP contribution in [-0.2, 0) is 9.59 Å². The van der Waals surface area contributed by atoms with E-state index in [1.807, 2.05) is 0 Å². The van der Waals surface area contributed by atoms with Crippen LogP contribution < -0.4 is 0 Å². The van der Waals surface area contributed by atoms with Crippen LogP contribution in [0.4, 0.5) is 8.78 Å². The lowest BCUT2D eigenvalue weighted by Crippen LogP contribution is -2.69. The highest BCUT2D eigenvalue weighted by molar-refractivity contribution is 6.01. The molecule has 7 heteroatoms. The summed E-state index contributed by atoms with van der Waals surface area (Å²) in [6.45, 7) is 4.06. The summed E-state index contributed by atoms with van der Waals surface area (Å²) < 4.78 is 32.5. The molecule has 0 heterocycles. The van der Waals surface area contributed by atoms with Crippen molar-refractivity contribution in [3.8, 4) is 0 Å². The summed E-state index contributed by atoms with van der Waals surface area (Å²) in [5.74, 6) is -3.87. The van der Waals surface area contributed by atoms with Crippen LogP contribution in [0.3, 0.4) is 0 Å². The first kappa shape index (κ1) is 19.8. The van der Waals surface area contributed by atoms with Gasteiger partial charge in [0, 0.05) is 28.1 Å². The highest BCUT2D eigenvalue weighted by Crippen LogP contribution is 2.86. The fourth-order valence-corrected chi connectivity index (χ4v) is 8.81. The third-order valence-electron chi connectivity index (χ3n) is 10.2. The molecule has 0 aromatic carbocycles. The van der Waals surface area contributed by atoms with Crippen molar-refractivity contribution in [2.75, 3.05) is 6.61 Å². The van der Waals surface area contributed by atoms with E-state index in [-0.39, 0.29) is 18.6 Å². The molecule has 160 valence electrons. The van der Waals surface area contributed by atoms with Crippen molar-refractivity contribution in [1.29, 1.82) is 0 Å². The number of aliphatic hydroxyl groups is 3. The standard InChI is InChI=1S/C22H28F2O5/c1-10-6-11-12-7-14(23)20-5-4-13(26)17(20)19(20,3)21(12,24)15(27)8-18(11,2)22(10,29)16(28)9-25/h4-5,10-12,14-15,17,25,27,29H,6-9H2,1-3H3/t10-,11+,12+,14+,15+,17?,18+,19-,20?,21+,22+/m1/s1. The largest absolute Gasteiger partial charge is 0.390 e. The quantitative estimate of drug-likeness (QED) is 0.642. The van der Waals surface area contributed by atoms with E-state index in [1.165, 1.54) is 12.2 Å². The van der Waals surface area contributed by atoms with Gasteiger partial charge in [-0.1, -0.05) is 26.8 Å². The molecule has 4 fully saturated rings. The Hall–Kier alpha value is -1.18. The number of rotatable bonds is 2. The summed E-state index contributed by atoms with van der Waals surface area (Å²) in [5, 5.41) is 31.9. The smallest absolute Gasteiger partial charge is 0.190 e. The Labute approximate surface area is 168 Å². The normalized spacial score (nSPS) is 62.3. The van der Waals surface area contributed by atoms with Gasteiger partial charge in [0.15, 0.2) is 11.6 Å². The van der Waals surface area contributed by atoms with E-state index < -0.39 is 75.9 Å². The number of aliphatic hydroxyl groups excluding tert-OH is 2. The summed E-state index contributed by atoms with van der Waals surface area (Å²) in [4.78, 5) is 25.0. The van der Waals surface area contributed by atoms with E-state index in [0.29, 0.717) is 6.42 Å². The van der Waals surface area contributed by atoms with Gasteiger partial charge in [-0.15, -0.1) is 0 Å². The van der Waals surface area contributed by atoms with E-state index in [2.05, 4.69) is 0 Å². The Morgan fingerprint density at radius 3 is 2.55 bits per heavy atom. The third-order valence-corrected chi connectivity index (χ3v) is 10.2. The van der Waals surface area contributed by atoms with Crippen LogP contribution in [0.1, 0.15) is 40.0 Å². The van der Waals surface area contributed by atoms with Crippen molar-refractivity contribution >= 4 is 11.6 Å². The molecule has 0 aliphatic heterocycles. The number of halogens is 2. The van der Waals surface area contributed by atoms with Crippen LogP contribution >= 0.6 is 0 Å². The monoisotopic (exact) mass is 410 g/mol. The van der Waals surface area contributed by atoms with Crippen molar-refractivity contribution in [1.82, 2.24) is 0 Å². The van der Waals surface area contributed by atoms with Crippen LogP contribution in [0.25, 0.3) is 0 Å². The first-order valence-electron chi connectivity index (χ1n) is 10.5. The molecule has 5 aliphatic carbocycles. The van der Waals surface area contributed by atoms with Crippen molar-refractivity contribution in [3.63, 3.8) is 0 Å². The molecular weight excluding hydrogens is 382 g/mol. The number of carbonyl (C=O) groups excluding carboxylic acids is 2. The van der Waals surface area contributed by atoms with Gasteiger partial charge in [-0.05, 0) is 37.2 Å². The predicted octanol–water partition coefficient (Wildman–Crippen LogP) is 1.53. The van der Waals surface area contributed by atoms with Crippen molar-refractivity contribution in [2.24, 2.45) is 39.9 Å². The Balaban J connectivity index is 1.65. The number of alkyl halides is 2. The molecule has 0 bridgehead atoms. The maximum absolute atomic E-state index is 16.9. The molecular formula is C22H28F2O5. The van der Waals surface area contributed by atoms with Gasteiger partial charge in [0.25, 0.3) is 0 Å². The molecule has 0 saturated heterocycles. The Bertz CT molecular complexity index is 860. The number of hydrogen-bond acceptors (Lipinski definition) is 5. The van der Waals surface area contributed by atoms with Crippen LogP contribution in [0.5, 0.6) is 0 Å². The lowest BCUT2D eigenvalue weighted by Gasteiger charge is -2.60. The van der Waals surface area contributed by atoms with Gasteiger partial charge in [0.1, 0.15) is 24.0 Å². The second-order valence-electron chi connectivity index (χ2n) is 10.6. The minimum absolute atomic E-state index is 0.159. The maximum Gasteiger partial charge on any atom is 0.190 e. The summed E-state index contributed by atoms with van der Waals surface area (Å²) >= 11 is 0. The van der Waals surface area contributed by atoms with Crippen LogP contribution in [-0.4, -0.2) is 57.0 Å². The molecule has 0 aromatic heterocycles. The van der Waals surface area contributed by atoms with E-state index in [0.717, 1.165) is 0 Å². The topological polar surface area (TPSA) is 94.8 Å². The molecule has 4 saturated carbocycles. The fraction of sp³-hybridized carbons (Fsp3) is 0.818. The number of allylic oxidation sites excluding steroid dienone is 2. The Morgan fingerprint density at radius 2 is 1.93 bits per heavy atom. The number of hydrogen-bond donors (Lipinski definition) is 3. The summed E-state index contributed by atoms with van der Waals surface area (Å²) in [7, 11) is 0. The van der Waals surface area contributed by atoms with E-state index in [4.69, 9.17) is 0 Å². The summed E-state index contributed by atoms with van der Waals surface area (Å²) in [5.41, 5.74) is -7.81. The molecule has 1 spiro atoms. The molecule has 5 rings (SSSR count). The average molecular weight is 410 g/mol. The molecule has 2 unspecified atom stereocenters. The average Bonchev–Trinajstić information content (AvgIpc) is 2.96. The van der Waals surface area contributed by atoms with E-state index in [1.54, 1.807) is 20.8 Å². The van der Waals surface area contributed by atoms with Gasteiger partial charge >= 0.3 is 0 Å². The molecule has 5 nitrogen and oxygen atoms in total. The van der Waals surface area contributed by atoms with Gasteiger partial charge in [-0.25, -0.2) is 8.78 Å². The van der Waals surface area contributed by atoms with Gasteiger partial charge < -0.3 is 15.3 Å². The SMILES string of the molecule is C[C@@H]1C[C@H]2[C@@H]3C[C@H](F)C45C=CC(=O)C4[C@@]5(C)[C@@]3(F)[C@@H](O)C[C@]2(C)[C@@]1(O)C(=O)CO. The van der Waals surface area contributed by atoms with Gasteiger partial charge in [0.05, 0.1) is 6.10 Å². The van der Waals surface area contributed by atoms with Crippen molar-refractivity contribution in [3.05, 3.63) is 12.2 Å². The minimum atomic E-state index is -2.18. The van der Waals surface area contributed by atoms with Crippen molar-refractivity contribution in [2.45, 2.75) is 63.6 Å². The molecule has 0 aromatic rings. The molecule has 3 N–H and O–H groups in total. The van der Waals surface area contributed by atoms with E-state index >= 15 is 8.78 Å². The highest BCUT2D eigenvalue weighted by Gasteiger charge is 2.92. The number of ketones is 2. The fourth-order valence-electron chi connectivity index (χ4n) is 8.81. The maximum atomic E-state index is 16.9. The zero-order valence-electron chi connectivity index (χ0n) is 16.9. The van der Waals surface area contributed by atoms with Crippen LogP contribution in [0.15, 0.2) is 12.2 Å². The Morgan fingerprint density at radius 1 is 1.28 bits per heavy atom. The highest BCUT2D eigenvalue weighted by atomic mass is 19.1. The molecule has 0 amide bonds. The number of Topliss-reactive ketones (excluding diaryl/α,β-unsaturated/α-hetero) is 1. The van der Waals surface area contributed by atoms with Crippen molar-refractivity contribution < 1.29 is 33.7 Å². The second kappa shape index (κ2) is 5.17.